The number of rotatable bonds is 6. The van der Waals surface area contributed by atoms with Gasteiger partial charge in [0.1, 0.15) is 12.4 Å². The van der Waals surface area contributed by atoms with Gasteiger partial charge in [0.25, 0.3) is 0 Å². The molecule has 1 unspecified atom stereocenters. The van der Waals surface area contributed by atoms with Crippen molar-refractivity contribution in [1.29, 1.82) is 0 Å². The molecule has 1 aromatic carbocycles. The molecule has 0 N–H and O–H groups in total. The molecule has 0 radical (unpaired) electrons. The fourth-order valence-corrected chi connectivity index (χ4v) is 4.66. The van der Waals surface area contributed by atoms with Crippen LogP contribution in [0.5, 0.6) is 5.75 Å². The Hall–Kier alpha value is -1.55. The van der Waals surface area contributed by atoms with Gasteiger partial charge in [-0.15, -0.1) is 0 Å². The number of hydrogen-bond donors (Lipinski definition) is 0. The van der Waals surface area contributed by atoms with Gasteiger partial charge in [-0.05, 0) is 63.0 Å². The zero-order valence-electron chi connectivity index (χ0n) is 16.8. The van der Waals surface area contributed by atoms with E-state index in [0.717, 1.165) is 37.0 Å². The normalized spacial score (nSPS) is 23.7. The molecule has 0 bridgehead atoms. The smallest absolute Gasteiger partial charge is 0.216 e. The van der Waals surface area contributed by atoms with Crippen molar-refractivity contribution in [3.63, 3.8) is 0 Å². The van der Waals surface area contributed by atoms with E-state index in [-0.39, 0.29) is 5.54 Å². The second-order valence-electron chi connectivity index (χ2n) is 8.79. The number of aliphatic imine (C=N–C) groups is 1. The first-order chi connectivity index (χ1) is 13.2. The highest BCUT2D eigenvalue weighted by Gasteiger charge is 2.37. The molecule has 0 amide bonds. The topological polar surface area (TPSA) is 34.1 Å². The lowest BCUT2D eigenvalue weighted by Gasteiger charge is -2.29. The molecule has 4 nitrogen and oxygen atoms in total. The van der Waals surface area contributed by atoms with E-state index in [2.05, 4.69) is 36.1 Å². The highest BCUT2D eigenvalue weighted by Crippen LogP contribution is 2.36. The number of ether oxygens (including phenoxy) is 2. The summed E-state index contributed by atoms with van der Waals surface area (Å²) in [5.41, 5.74) is 1.14. The number of likely N-dealkylation sites (tertiary alicyclic amines) is 1. The molecular weight excluding hydrogens is 336 g/mol. The molecule has 1 atom stereocenters. The molecule has 4 rings (SSSR count). The largest absolute Gasteiger partial charge is 0.493 e. The monoisotopic (exact) mass is 370 g/mol. The first kappa shape index (κ1) is 18.8. The fourth-order valence-electron chi connectivity index (χ4n) is 4.66. The van der Waals surface area contributed by atoms with E-state index in [4.69, 9.17) is 14.5 Å². The van der Waals surface area contributed by atoms with Crippen LogP contribution >= 0.6 is 0 Å². The summed E-state index contributed by atoms with van der Waals surface area (Å²) in [5, 5.41) is 0. The maximum Gasteiger partial charge on any atom is 0.216 e. The Kier molecular flexibility index (Phi) is 6.01. The molecule has 0 aromatic heterocycles. The van der Waals surface area contributed by atoms with Crippen LogP contribution in [0.1, 0.15) is 63.9 Å². The van der Waals surface area contributed by atoms with Crippen LogP contribution in [0.25, 0.3) is 0 Å². The Labute approximate surface area is 164 Å². The van der Waals surface area contributed by atoms with E-state index in [9.17, 15) is 0 Å². The lowest BCUT2D eigenvalue weighted by molar-refractivity contribution is 0.165. The summed E-state index contributed by atoms with van der Waals surface area (Å²) in [6, 6.07) is 8.29. The number of piperidine rings is 1. The molecule has 2 fully saturated rings. The minimum Gasteiger partial charge on any atom is -0.493 e. The highest BCUT2D eigenvalue weighted by atomic mass is 16.5. The van der Waals surface area contributed by atoms with E-state index in [1.54, 1.807) is 0 Å². The highest BCUT2D eigenvalue weighted by molar-refractivity contribution is 5.95. The van der Waals surface area contributed by atoms with Crippen molar-refractivity contribution in [1.82, 2.24) is 4.90 Å². The Morgan fingerprint density at radius 1 is 1.04 bits per heavy atom. The summed E-state index contributed by atoms with van der Waals surface area (Å²) in [4.78, 5) is 7.55. The van der Waals surface area contributed by atoms with E-state index >= 15 is 0 Å². The van der Waals surface area contributed by atoms with Crippen molar-refractivity contribution in [2.75, 3.05) is 32.8 Å². The van der Waals surface area contributed by atoms with Gasteiger partial charge in [-0.2, -0.15) is 0 Å². The first-order valence-electron chi connectivity index (χ1n) is 10.9. The SMILES string of the molecule is CC(COc1ccc(C2=NC3(CCCCC3)CO2)cc1)CN1CCCCC1. The number of hydrogen-bond acceptors (Lipinski definition) is 4. The molecule has 2 aliphatic heterocycles. The summed E-state index contributed by atoms with van der Waals surface area (Å²) in [6.45, 7) is 7.47. The van der Waals surface area contributed by atoms with Gasteiger partial charge in [-0.3, -0.25) is 0 Å². The summed E-state index contributed by atoms with van der Waals surface area (Å²) in [7, 11) is 0. The van der Waals surface area contributed by atoms with E-state index in [0.29, 0.717) is 5.92 Å². The molecule has 1 aromatic rings. The zero-order valence-corrected chi connectivity index (χ0v) is 16.8. The van der Waals surface area contributed by atoms with Crippen molar-refractivity contribution < 1.29 is 9.47 Å². The lowest BCUT2D eigenvalue weighted by Crippen LogP contribution is -2.35. The molecule has 4 heteroatoms. The van der Waals surface area contributed by atoms with Crippen LogP contribution in [0, 0.1) is 5.92 Å². The second kappa shape index (κ2) is 8.64. The van der Waals surface area contributed by atoms with Crippen LogP contribution < -0.4 is 4.74 Å². The average molecular weight is 371 g/mol. The zero-order chi connectivity index (χ0) is 18.5. The maximum atomic E-state index is 6.03. The molecular formula is C23H34N2O2. The minimum atomic E-state index is 0.0621. The van der Waals surface area contributed by atoms with Crippen LogP contribution in [-0.2, 0) is 4.74 Å². The summed E-state index contributed by atoms with van der Waals surface area (Å²) in [6.07, 6.45) is 10.3. The van der Waals surface area contributed by atoms with Crippen molar-refractivity contribution in [2.45, 2.75) is 63.8 Å². The third-order valence-electron chi connectivity index (χ3n) is 6.25. The third-order valence-corrected chi connectivity index (χ3v) is 6.25. The van der Waals surface area contributed by atoms with Crippen molar-refractivity contribution in [3.8, 4) is 5.75 Å². The van der Waals surface area contributed by atoms with Crippen LogP contribution in [0.4, 0.5) is 0 Å². The molecule has 1 saturated carbocycles. The van der Waals surface area contributed by atoms with Crippen LogP contribution in [0.3, 0.4) is 0 Å². The molecule has 148 valence electrons. The molecule has 2 heterocycles. The first-order valence-corrected chi connectivity index (χ1v) is 10.9. The Balaban J connectivity index is 1.28. The molecule has 1 aliphatic carbocycles. The van der Waals surface area contributed by atoms with Crippen molar-refractivity contribution >= 4 is 5.90 Å². The summed E-state index contributed by atoms with van der Waals surface area (Å²) < 4.78 is 12.0. The average Bonchev–Trinajstić information content (AvgIpc) is 3.11. The van der Waals surface area contributed by atoms with Crippen LogP contribution in [-0.4, -0.2) is 49.2 Å². The molecule has 1 spiro atoms. The Morgan fingerprint density at radius 3 is 2.48 bits per heavy atom. The summed E-state index contributed by atoms with van der Waals surface area (Å²) in [5.74, 6) is 2.31. The number of benzene rings is 1. The van der Waals surface area contributed by atoms with Gasteiger partial charge in [-0.25, -0.2) is 4.99 Å². The number of nitrogens with zero attached hydrogens (tertiary/aromatic N) is 2. The van der Waals surface area contributed by atoms with Crippen LogP contribution in [0.15, 0.2) is 29.3 Å². The standard InChI is InChI=1S/C23H34N2O2/c1-19(16-25-14-6-3-7-15-25)17-26-21-10-8-20(9-11-21)22-24-23(18-27-22)12-4-2-5-13-23/h8-11,19H,2-7,12-18H2,1H3. The van der Waals surface area contributed by atoms with Crippen molar-refractivity contribution in [2.24, 2.45) is 10.9 Å². The predicted octanol–water partition coefficient (Wildman–Crippen LogP) is 4.67. The predicted molar refractivity (Wildman–Crippen MR) is 110 cm³/mol. The van der Waals surface area contributed by atoms with Gasteiger partial charge in [0, 0.05) is 18.0 Å². The van der Waals surface area contributed by atoms with Gasteiger partial charge in [0.2, 0.25) is 5.90 Å². The molecule has 3 aliphatic rings. The van der Waals surface area contributed by atoms with E-state index < -0.39 is 0 Å². The Morgan fingerprint density at radius 2 is 1.74 bits per heavy atom. The van der Waals surface area contributed by atoms with Crippen LogP contribution in [0.2, 0.25) is 0 Å². The Bertz CT molecular complexity index is 628. The third kappa shape index (κ3) is 4.84. The van der Waals surface area contributed by atoms with E-state index in [1.165, 1.54) is 64.5 Å². The van der Waals surface area contributed by atoms with E-state index in [1.807, 2.05) is 0 Å². The van der Waals surface area contributed by atoms with Crippen molar-refractivity contribution in [3.05, 3.63) is 29.8 Å². The molecule has 1 saturated heterocycles. The van der Waals surface area contributed by atoms with Gasteiger partial charge in [-0.1, -0.05) is 32.6 Å². The lowest BCUT2D eigenvalue weighted by atomic mass is 9.83. The van der Waals surface area contributed by atoms with Gasteiger partial charge in [0.15, 0.2) is 0 Å². The maximum absolute atomic E-state index is 6.03. The van der Waals surface area contributed by atoms with Gasteiger partial charge in [0.05, 0.1) is 12.1 Å². The second-order valence-corrected chi connectivity index (χ2v) is 8.79. The molecule has 27 heavy (non-hydrogen) atoms. The quantitative estimate of drug-likeness (QED) is 0.730. The summed E-state index contributed by atoms with van der Waals surface area (Å²) >= 11 is 0. The van der Waals surface area contributed by atoms with Gasteiger partial charge < -0.3 is 14.4 Å². The fraction of sp³-hybridized carbons (Fsp3) is 0.696. The van der Waals surface area contributed by atoms with Gasteiger partial charge >= 0.3 is 0 Å². The minimum absolute atomic E-state index is 0.0621.